The number of benzene rings is 1. The first-order valence-corrected chi connectivity index (χ1v) is 12.8. The smallest absolute Gasteiger partial charge is 0.355 e. The van der Waals surface area contributed by atoms with E-state index in [1.54, 1.807) is 13.1 Å². The number of rotatable bonds is 8. The molecule has 1 saturated heterocycles. The quantitative estimate of drug-likeness (QED) is 0.360. The third-order valence-electron chi connectivity index (χ3n) is 4.45. The van der Waals surface area contributed by atoms with Crippen molar-refractivity contribution in [1.82, 2.24) is 10.2 Å². The van der Waals surface area contributed by atoms with Crippen molar-refractivity contribution in [2.45, 2.75) is 45.3 Å². The summed E-state index contributed by atoms with van der Waals surface area (Å²) in [6.07, 6.45) is 2.98. The van der Waals surface area contributed by atoms with Crippen LogP contribution < -0.4 is 10.6 Å². The monoisotopic (exact) mass is 426 g/mol. The Balaban J connectivity index is 2.41. The molecule has 0 spiro atoms. The molecule has 0 aliphatic carbocycles. The molecule has 0 saturated carbocycles. The van der Waals surface area contributed by atoms with E-state index in [-0.39, 0.29) is 11.2 Å². The Morgan fingerprint density at radius 2 is 2.00 bits per heavy atom. The fourth-order valence-electron chi connectivity index (χ4n) is 2.81. The molecule has 2 rings (SSSR count). The molecule has 1 aromatic rings. The first kappa shape index (κ1) is 22.8. The van der Waals surface area contributed by atoms with Crippen LogP contribution in [0.15, 0.2) is 29.0 Å². The van der Waals surface area contributed by atoms with Crippen LogP contribution >= 0.6 is 18.1 Å². The number of anilines is 1. The van der Waals surface area contributed by atoms with Gasteiger partial charge in [0, 0.05) is 25.4 Å². The summed E-state index contributed by atoms with van der Waals surface area (Å²) in [5.41, 5.74) is 1.14. The van der Waals surface area contributed by atoms with E-state index in [0.29, 0.717) is 23.8 Å². The molecule has 2 N–H and O–H groups in total. The molecule has 1 heterocycles. The van der Waals surface area contributed by atoms with Crippen molar-refractivity contribution in [2.75, 3.05) is 32.1 Å². The summed E-state index contributed by atoms with van der Waals surface area (Å²) in [6, 6.07) is 7.24. The molecule has 1 amide bonds. The average Bonchev–Trinajstić information content (AvgIpc) is 3.22. The second-order valence-electron chi connectivity index (χ2n) is 6.58. The molecule has 1 aromatic carbocycles. The summed E-state index contributed by atoms with van der Waals surface area (Å²) in [7, 11) is 1.60. The number of guanidine groups is 1. The number of nitrogens with zero attached hydrogens (tertiary/aromatic N) is 2. The van der Waals surface area contributed by atoms with Crippen molar-refractivity contribution in [3.63, 3.8) is 0 Å². The molecule has 0 radical (unpaired) electrons. The maximum atomic E-state index is 13.4. The largest absolute Gasteiger partial charge is 0.375 e. The minimum absolute atomic E-state index is 0.166. The molecular weight excluding hydrogens is 395 g/mol. The zero-order valence-corrected chi connectivity index (χ0v) is 18.8. The van der Waals surface area contributed by atoms with Gasteiger partial charge in [0.1, 0.15) is 0 Å². The van der Waals surface area contributed by atoms with Gasteiger partial charge in [0.15, 0.2) is 0 Å². The van der Waals surface area contributed by atoms with Crippen LogP contribution in [0.25, 0.3) is 0 Å². The summed E-state index contributed by atoms with van der Waals surface area (Å²) in [5, 5.41) is 6.08. The SMILES string of the molecule is CCOP(=O)(N=C(Nc1ccccc1C(=O)NC)N1CCCC1)SC(C)CC. The number of likely N-dealkylation sites (tertiary alicyclic amines) is 1. The van der Waals surface area contributed by atoms with Gasteiger partial charge >= 0.3 is 6.72 Å². The summed E-state index contributed by atoms with van der Waals surface area (Å²) in [6.45, 7) is 4.60. The van der Waals surface area contributed by atoms with Gasteiger partial charge in [-0.25, -0.2) is 0 Å². The highest BCUT2D eigenvalue weighted by Crippen LogP contribution is 2.63. The lowest BCUT2D eigenvalue weighted by Crippen LogP contribution is -2.34. The van der Waals surface area contributed by atoms with E-state index in [1.165, 1.54) is 11.4 Å². The molecule has 7 nitrogen and oxygen atoms in total. The fourth-order valence-corrected chi connectivity index (χ4v) is 6.99. The lowest BCUT2D eigenvalue weighted by molar-refractivity contribution is 0.0964. The van der Waals surface area contributed by atoms with Gasteiger partial charge in [-0.2, -0.15) is 4.76 Å². The lowest BCUT2D eigenvalue weighted by atomic mass is 10.1. The molecule has 1 aliphatic heterocycles. The van der Waals surface area contributed by atoms with E-state index in [2.05, 4.69) is 27.2 Å². The van der Waals surface area contributed by atoms with E-state index in [1.807, 2.05) is 32.0 Å². The Hall–Kier alpha value is -1.50. The Morgan fingerprint density at radius 3 is 2.61 bits per heavy atom. The maximum Gasteiger partial charge on any atom is 0.375 e. The molecule has 9 heteroatoms. The number of para-hydroxylation sites is 1. The molecule has 0 aromatic heterocycles. The Kier molecular flexibility index (Phi) is 8.86. The Bertz CT molecular complexity index is 738. The van der Waals surface area contributed by atoms with Gasteiger partial charge in [-0.05, 0) is 49.7 Å². The van der Waals surface area contributed by atoms with Crippen LogP contribution in [0.2, 0.25) is 0 Å². The number of carbonyl (C=O) groups is 1. The van der Waals surface area contributed by atoms with Crippen molar-refractivity contribution in [3.8, 4) is 0 Å². The van der Waals surface area contributed by atoms with Gasteiger partial charge in [-0.15, -0.1) is 0 Å². The highest BCUT2D eigenvalue weighted by molar-refractivity contribution is 8.56. The number of carbonyl (C=O) groups excluding carboxylic acids is 1. The van der Waals surface area contributed by atoms with Crippen LogP contribution in [0.4, 0.5) is 5.69 Å². The van der Waals surface area contributed by atoms with E-state index >= 15 is 0 Å². The van der Waals surface area contributed by atoms with E-state index in [9.17, 15) is 9.36 Å². The van der Waals surface area contributed by atoms with E-state index in [4.69, 9.17) is 4.52 Å². The van der Waals surface area contributed by atoms with Crippen molar-refractivity contribution in [1.29, 1.82) is 0 Å². The highest BCUT2D eigenvalue weighted by atomic mass is 32.7. The second kappa shape index (κ2) is 10.9. The maximum absolute atomic E-state index is 13.4. The van der Waals surface area contributed by atoms with Gasteiger partial charge < -0.3 is 20.1 Å². The molecular formula is C19H31N4O3PS. The summed E-state index contributed by atoms with van der Waals surface area (Å²) in [5.74, 6) is 0.312. The summed E-state index contributed by atoms with van der Waals surface area (Å²) < 4.78 is 23.6. The number of nitrogens with one attached hydrogen (secondary N) is 2. The van der Waals surface area contributed by atoms with E-state index in [0.717, 1.165) is 32.4 Å². The molecule has 1 fully saturated rings. The van der Waals surface area contributed by atoms with Gasteiger partial charge in [-0.1, -0.05) is 26.0 Å². The lowest BCUT2D eigenvalue weighted by Gasteiger charge is -2.25. The van der Waals surface area contributed by atoms with Gasteiger partial charge in [-0.3, -0.25) is 9.36 Å². The predicted octanol–water partition coefficient (Wildman–Crippen LogP) is 4.59. The molecule has 156 valence electrons. The summed E-state index contributed by atoms with van der Waals surface area (Å²) >= 11 is 1.28. The van der Waals surface area contributed by atoms with Crippen LogP contribution in [-0.2, 0) is 9.09 Å². The Morgan fingerprint density at radius 1 is 1.32 bits per heavy atom. The fraction of sp³-hybridized carbons (Fsp3) is 0.579. The Labute approximate surface area is 172 Å². The second-order valence-corrected chi connectivity index (χ2v) is 11.0. The number of hydrogen-bond donors (Lipinski definition) is 2. The van der Waals surface area contributed by atoms with Gasteiger partial charge in [0.05, 0.1) is 17.9 Å². The van der Waals surface area contributed by atoms with Crippen molar-refractivity contribution in [3.05, 3.63) is 29.8 Å². The average molecular weight is 427 g/mol. The molecule has 28 heavy (non-hydrogen) atoms. The van der Waals surface area contributed by atoms with Crippen LogP contribution in [0.5, 0.6) is 0 Å². The van der Waals surface area contributed by atoms with Crippen LogP contribution in [0, 0.1) is 0 Å². The molecule has 1 aliphatic rings. The first-order chi connectivity index (χ1) is 13.4. The van der Waals surface area contributed by atoms with Crippen molar-refractivity contribution in [2.24, 2.45) is 4.76 Å². The normalized spacial score (nSPS) is 17.9. The topological polar surface area (TPSA) is 83.0 Å². The molecule has 0 bridgehead atoms. The van der Waals surface area contributed by atoms with Gasteiger partial charge in [0.25, 0.3) is 5.91 Å². The molecule has 2 unspecified atom stereocenters. The third-order valence-corrected chi connectivity index (χ3v) is 8.87. The molecule has 2 atom stereocenters. The first-order valence-electron chi connectivity index (χ1n) is 9.78. The van der Waals surface area contributed by atoms with E-state index < -0.39 is 6.72 Å². The van der Waals surface area contributed by atoms with Gasteiger partial charge in [0.2, 0.25) is 5.96 Å². The van der Waals surface area contributed by atoms with Crippen LogP contribution in [0.3, 0.4) is 0 Å². The highest BCUT2D eigenvalue weighted by Gasteiger charge is 2.29. The van der Waals surface area contributed by atoms with Crippen molar-refractivity contribution < 1.29 is 13.9 Å². The van der Waals surface area contributed by atoms with Crippen LogP contribution in [-0.4, -0.2) is 48.8 Å². The zero-order chi connectivity index (χ0) is 20.6. The summed E-state index contributed by atoms with van der Waals surface area (Å²) in [4.78, 5) is 14.3. The van der Waals surface area contributed by atoms with Crippen molar-refractivity contribution >= 4 is 35.7 Å². The minimum atomic E-state index is -3.28. The third kappa shape index (κ3) is 6.26. The minimum Gasteiger partial charge on any atom is -0.355 e. The number of hydrogen-bond acceptors (Lipinski definition) is 4. The predicted molar refractivity (Wildman–Crippen MR) is 118 cm³/mol. The standard InChI is InChI=1S/C19H31N4O3PS/c1-5-15(3)28-27(25,26-6-2)22-19(23-13-9-10-14-23)21-17-12-8-7-11-16(17)18(24)20-4/h7-8,11-12,15H,5-6,9-10,13-14H2,1-4H3,(H,20,24)(H,21,22,25). The number of amides is 1. The van der Waals surface area contributed by atoms with Crippen LogP contribution in [0.1, 0.15) is 50.4 Å². The zero-order valence-electron chi connectivity index (χ0n) is 17.1.